The van der Waals surface area contributed by atoms with Crippen LogP contribution in [0.3, 0.4) is 0 Å². The number of rotatable bonds is 5. The van der Waals surface area contributed by atoms with Crippen molar-refractivity contribution in [1.82, 2.24) is 29.9 Å². The molecule has 8 aromatic rings. The van der Waals surface area contributed by atoms with E-state index >= 15 is 0 Å². The summed E-state index contributed by atoms with van der Waals surface area (Å²) in [4.78, 5) is 35.9. The molecule has 1 aliphatic carbocycles. The van der Waals surface area contributed by atoms with Crippen molar-refractivity contribution >= 4 is 22.3 Å². The summed E-state index contributed by atoms with van der Waals surface area (Å²) in [6.45, 7) is 13.4. The summed E-state index contributed by atoms with van der Waals surface area (Å²) >= 11 is 0. The molecule has 0 atom stereocenters. The molecular formula is C53H47N7. The van der Waals surface area contributed by atoms with E-state index in [0.29, 0.717) is 17.5 Å². The van der Waals surface area contributed by atoms with Crippen LogP contribution < -0.4 is 0 Å². The highest BCUT2D eigenvalue weighted by molar-refractivity contribution is 6.07. The fraction of sp³-hybridized carbons (Fsp3) is 0.226. The van der Waals surface area contributed by atoms with E-state index in [0.717, 1.165) is 92.9 Å². The molecule has 0 radical (unpaired) electrons. The average molecular weight is 782 g/mol. The molecule has 7 nitrogen and oxygen atoms in total. The van der Waals surface area contributed by atoms with Gasteiger partial charge in [-0.1, -0.05) is 120 Å². The number of benzene rings is 4. The van der Waals surface area contributed by atoms with Gasteiger partial charge in [0, 0.05) is 45.7 Å². The van der Waals surface area contributed by atoms with Gasteiger partial charge in [-0.2, -0.15) is 0 Å². The monoisotopic (exact) mass is 781 g/mol. The minimum Gasteiger partial charge on any atom is -0.254 e. The summed E-state index contributed by atoms with van der Waals surface area (Å²) in [7, 11) is 0. The van der Waals surface area contributed by atoms with Crippen LogP contribution in [0.2, 0.25) is 0 Å². The number of nitrogens with zero attached hydrogens (tertiary/aromatic N) is 7. The van der Waals surface area contributed by atoms with Crippen molar-refractivity contribution in [2.45, 2.75) is 78.1 Å². The summed E-state index contributed by atoms with van der Waals surface area (Å²) in [5, 5.41) is 1.08. The summed E-state index contributed by atoms with van der Waals surface area (Å²) < 4.78 is 0. The third-order valence-corrected chi connectivity index (χ3v) is 11.9. The Balaban J connectivity index is 1.17. The molecule has 7 heteroatoms. The maximum atomic E-state index is 5.37. The Bertz CT molecular complexity index is 2910. The van der Waals surface area contributed by atoms with E-state index in [9.17, 15) is 0 Å². The first-order valence-corrected chi connectivity index (χ1v) is 21.0. The predicted octanol–water partition coefficient (Wildman–Crippen LogP) is 12.3. The van der Waals surface area contributed by atoms with E-state index in [-0.39, 0.29) is 10.8 Å². The number of hydrogen-bond acceptors (Lipinski definition) is 7. The lowest BCUT2D eigenvalue weighted by atomic mass is 9.86. The zero-order valence-corrected chi connectivity index (χ0v) is 35.1. The van der Waals surface area contributed by atoms with Crippen molar-refractivity contribution in [3.8, 4) is 56.8 Å². The summed E-state index contributed by atoms with van der Waals surface area (Å²) in [5.41, 5.74) is 16.6. The van der Waals surface area contributed by atoms with Crippen LogP contribution in [0.15, 0.2) is 133 Å². The quantitative estimate of drug-likeness (QED) is 0.173. The van der Waals surface area contributed by atoms with Crippen LogP contribution in [0, 0.1) is 0 Å². The first kappa shape index (κ1) is 37.5. The highest BCUT2D eigenvalue weighted by Gasteiger charge is 2.23. The van der Waals surface area contributed by atoms with E-state index in [2.05, 4.69) is 145 Å². The molecule has 294 valence electrons. The lowest BCUT2D eigenvalue weighted by Gasteiger charge is -2.20. The topological polar surface area (TPSA) is 89.7 Å². The highest BCUT2D eigenvalue weighted by Crippen LogP contribution is 2.38. The van der Waals surface area contributed by atoms with Gasteiger partial charge in [0.2, 0.25) is 0 Å². The Morgan fingerprint density at radius 1 is 0.433 bits per heavy atom. The Morgan fingerprint density at radius 3 is 1.65 bits per heavy atom. The van der Waals surface area contributed by atoms with Gasteiger partial charge >= 0.3 is 0 Å². The lowest BCUT2D eigenvalue weighted by molar-refractivity contribution is 0.590. The minimum atomic E-state index is 0.0210. The molecule has 1 aliphatic heterocycles. The maximum absolute atomic E-state index is 5.37. The van der Waals surface area contributed by atoms with Gasteiger partial charge in [-0.15, -0.1) is 0 Å². The zero-order valence-electron chi connectivity index (χ0n) is 35.1. The van der Waals surface area contributed by atoms with Crippen molar-refractivity contribution in [3.05, 3.63) is 161 Å². The smallest absolute Gasteiger partial charge is 0.164 e. The summed E-state index contributed by atoms with van der Waals surface area (Å²) in [6.07, 6.45) is 7.27. The number of aryl methyl sites for hydroxylation is 3. The van der Waals surface area contributed by atoms with Crippen molar-refractivity contribution < 1.29 is 0 Å². The molecule has 0 fully saturated rings. The van der Waals surface area contributed by atoms with Crippen LogP contribution in [0.4, 0.5) is 5.69 Å². The molecule has 60 heavy (non-hydrogen) atoms. The number of aliphatic imine (C=N–C) groups is 1. The largest absolute Gasteiger partial charge is 0.254 e. The van der Waals surface area contributed by atoms with E-state index in [1.165, 1.54) is 27.8 Å². The van der Waals surface area contributed by atoms with Crippen LogP contribution in [0.1, 0.15) is 81.3 Å². The van der Waals surface area contributed by atoms with Gasteiger partial charge in [-0.25, -0.2) is 19.9 Å². The van der Waals surface area contributed by atoms with Crippen molar-refractivity contribution in [3.63, 3.8) is 0 Å². The van der Waals surface area contributed by atoms with Gasteiger partial charge in [0.25, 0.3) is 0 Å². The standard InChI is InChI=1S/C53H47N7/c1-52(2,3)41-21-15-36(16-22-41)49-58-50(37-17-23-42(24-18-37)53(4,5)6)60-51(59-49)40-30-38(43-25-19-34-13-11-32-9-7-27-54-45(32)47(34)56-43)29-39(31-40)44-26-20-35-14-12-33-10-8-28-55-46(33)48(35)57-44/h7-11,13,15-18,20-24,26-31H,12,14,19,25H2,1-6H3. The highest BCUT2D eigenvalue weighted by atomic mass is 15.0. The Kier molecular flexibility index (Phi) is 9.08. The molecule has 5 heterocycles. The molecular weight excluding hydrogens is 735 g/mol. The molecule has 0 N–H and O–H groups in total. The summed E-state index contributed by atoms with van der Waals surface area (Å²) in [6, 6.07) is 40.8. The van der Waals surface area contributed by atoms with Crippen LogP contribution in [0.25, 0.3) is 67.7 Å². The maximum Gasteiger partial charge on any atom is 0.164 e. The first-order valence-electron chi connectivity index (χ1n) is 21.0. The van der Waals surface area contributed by atoms with Crippen molar-refractivity contribution in [2.24, 2.45) is 4.99 Å². The SMILES string of the molecule is CC(C)(C)c1ccc(-c2nc(-c3ccc(C(C)(C)C)cc3)nc(-c3cc(C4=Nc5c(ccc6cccnc56)CC4)cc(-c4ccc5c(n4)-c4ncccc4CC5)c3)n2)cc1. The fourth-order valence-corrected chi connectivity index (χ4v) is 8.40. The average Bonchev–Trinajstić information content (AvgIpc) is 3.27. The molecule has 0 saturated heterocycles. The summed E-state index contributed by atoms with van der Waals surface area (Å²) in [5.74, 6) is 1.84. The van der Waals surface area contributed by atoms with Crippen LogP contribution in [-0.4, -0.2) is 35.6 Å². The fourth-order valence-electron chi connectivity index (χ4n) is 8.40. The van der Waals surface area contributed by atoms with Crippen molar-refractivity contribution in [2.75, 3.05) is 0 Å². The second-order valence-corrected chi connectivity index (χ2v) is 18.2. The second-order valence-electron chi connectivity index (χ2n) is 18.2. The van der Waals surface area contributed by atoms with Crippen LogP contribution in [0.5, 0.6) is 0 Å². The van der Waals surface area contributed by atoms with Crippen LogP contribution in [-0.2, 0) is 30.1 Å². The predicted molar refractivity (Wildman–Crippen MR) is 244 cm³/mol. The molecule has 0 amide bonds. The van der Waals surface area contributed by atoms with Gasteiger partial charge in [0.05, 0.1) is 28.3 Å². The lowest BCUT2D eigenvalue weighted by Crippen LogP contribution is -2.11. The van der Waals surface area contributed by atoms with E-state index < -0.39 is 0 Å². The Labute approximate surface area is 351 Å². The zero-order chi connectivity index (χ0) is 41.2. The second kappa shape index (κ2) is 14.5. The molecule has 4 aromatic heterocycles. The van der Waals surface area contributed by atoms with Gasteiger partial charge in [-0.3, -0.25) is 15.0 Å². The van der Waals surface area contributed by atoms with Gasteiger partial charge in [0.15, 0.2) is 17.5 Å². The molecule has 2 aliphatic rings. The first-order chi connectivity index (χ1) is 28.9. The Hall–Kier alpha value is -6.73. The normalized spacial score (nSPS) is 13.7. The van der Waals surface area contributed by atoms with E-state index in [1.807, 2.05) is 24.5 Å². The van der Waals surface area contributed by atoms with Gasteiger partial charge < -0.3 is 0 Å². The third kappa shape index (κ3) is 7.08. The third-order valence-electron chi connectivity index (χ3n) is 11.9. The minimum absolute atomic E-state index is 0.0210. The number of fused-ring (bicyclic) bond motifs is 6. The van der Waals surface area contributed by atoms with Crippen LogP contribution >= 0.6 is 0 Å². The Morgan fingerprint density at radius 2 is 0.983 bits per heavy atom. The van der Waals surface area contributed by atoms with Gasteiger partial charge in [0.1, 0.15) is 0 Å². The van der Waals surface area contributed by atoms with E-state index in [1.54, 1.807) is 0 Å². The molecule has 0 spiro atoms. The molecule has 10 rings (SSSR count). The molecule has 0 saturated carbocycles. The number of aromatic nitrogens is 6. The number of pyridine rings is 3. The van der Waals surface area contributed by atoms with Crippen molar-refractivity contribution in [1.29, 1.82) is 0 Å². The van der Waals surface area contributed by atoms with E-state index in [4.69, 9.17) is 34.9 Å². The molecule has 4 aromatic carbocycles. The molecule has 0 bridgehead atoms. The van der Waals surface area contributed by atoms with Gasteiger partial charge in [-0.05, 0) is 106 Å². The number of hydrogen-bond donors (Lipinski definition) is 0. The molecule has 0 unspecified atom stereocenters.